The van der Waals surface area contributed by atoms with E-state index in [1.54, 1.807) is 0 Å². The molecule has 1 amide bonds. The van der Waals surface area contributed by atoms with Crippen molar-refractivity contribution in [2.45, 2.75) is 89.5 Å². The number of nitrogens with one attached hydrogen (secondary N) is 1. The molecule has 2 saturated heterocycles. The lowest BCUT2D eigenvalue weighted by molar-refractivity contribution is -0.199. The van der Waals surface area contributed by atoms with Crippen molar-refractivity contribution in [3.63, 3.8) is 0 Å². The van der Waals surface area contributed by atoms with Gasteiger partial charge in [0.25, 0.3) is 0 Å². The van der Waals surface area contributed by atoms with Gasteiger partial charge in [0.05, 0.1) is 30.2 Å². The van der Waals surface area contributed by atoms with Crippen molar-refractivity contribution in [2.75, 3.05) is 6.61 Å². The number of benzene rings is 1. The van der Waals surface area contributed by atoms with Crippen molar-refractivity contribution in [2.24, 2.45) is 17.3 Å². The average Bonchev–Trinajstić information content (AvgIpc) is 3.12. The smallest absolute Gasteiger partial charge is 0.404 e. The minimum atomic E-state index is -0.415. The topological polar surface area (TPSA) is 56.8 Å². The Morgan fingerprint density at radius 1 is 1.19 bits per heavy atom. The third kappa shape index (κ3) is 3.96. The average molecular weight is 425 g/mol. The van der Waals surface area contributed by atoms with Crippen molar-refractivity contribution >= 4 is 13.0 Å². The van der Waals surface area contributed by atoms with Crippen LogP contribution in [0.1, 0.15) is 64.9 Å². The van der Waals surface area contributed by atoms with Crippen LogP contribution in [-0.4, -0.2) is 43.4 Å². The maximum absolute atomic E-state index is 12.9. The largest absolute Gasteiger partial charge is 0.482 e. The summed E-state index contributed by atoms with van der Waals surface area (Å²) in [5.41, 5.74) is 1.22. The number of rotatable bonds is 6. The van der Waals surface area contributed by atoms with E-state index >= 15 is 0 Å². The Labute approximate surface area is 186 Å². The quantitative estimate of drug-likeness (QED) is 0.702. The Morgan fingerprint density at radius 3 is 2.71 bits per heavy atom. The van der Waals surface area contributed by atoms with Gasteiger partial charge < -0.3 is 19.4 Å². The first-order chi connectivity index (χ1) is 14.9. The molecule has 5 aliphatic rings. The Morgan fingerprint density at radius 2 is 2.00 bits per heavy atom. The second kappa shape index (κ2) is 8.20. The summed E-state index contributed by atoms with van der Waals surface area (Å²) in [4.78, 5) is 12.9. The molecule has 2 bridgehead atoms. The summed E-state index contributed by atoms with van der Waals surface area (Å²) in [5.74, 6) is 1.05. The van der Waals surface area contributed by atoms with E-state index in [4.69, 9.17) is 14.0 Å². The second-order valence-corrected chi connectivity index (χ2v) is 10.9. The van der Waals surface area contributed by atoms with Crippen LogP contribution in [0.5, 0.6) is 0 Å². The van der Waals surface area contributed by atoms with Crippen LogP contribution in [0.25, 0.3) is 0 Å². The van der Waals surface area contributed by atoms with Crippen molar-refractivity contribution in [3.05, 3.63) is 35.9 Å². The van der Waals surface area contributed by atoms with Crippen LogP contribution in [0.15, 0.2) is 30.3 Å². The normalized spacial score (nSPS) is 36.9. The molecule has 3 saturated carbocycles. The summed E-state index contributed by atoms with van der Waals surface area (Å²) >= 11 is 0. The van der Waals surface area contributed by atoms with Crippen molar-refractivity contribution < 1.29 is 18.8 Å². The van der Waals surface area contributed by atoms with Gasteiger partial charge in [-0.05, 0) is 68.3 Å². The summed E-state index contributed by atoms with van der Waals surface area (Å²) in [7, 11) is -0.415. The molecule has 5 nitrogen and oxygen atoms in total. The monoisotopic (exact) mass is 425 g/mol. The van der Waals surface area contributed by atoms with E-state index in [1.807, 2.05) is 18.2 Å². The Kier molecular flexibility index (Phi) is 5.68. The van der Waals surface area contributed by atoms with Gasteiger partial charge in [0.1, 0.15) is 0 Å². The first-order valence-corrected chi connectivity index (χ1v) is 12.1. The number of ether oxygens (including phenoxy) is 1. The van der Waals surface area contributed by atoms with Gasteiger partial charge in [-0.3, -0.25) is 4.79 Å². The predicted octanol–water partition coefficient (Wildman–Crippen LogP) is 3.94. The Bertz CT molecular complexity index is 796. The third-order valence-electron chi connectivity index (χ3n) is 8.63. The lowest BCUT2D eigenvalue weighted by atomic mass is 9.43. The lowest BCUT2D eigenvalue weighted by Gasteiger charge is -2.64. The van der Waals surface area contributed by atoms with Gasteiger partial charge in [0.2, 0.25) is 5.91 Å². The summed E-state index contributed by atoms with van der Waals surface area (Å²) < 4.78 is 19.0. The molecule has 0 radical (unpaired) electrons. The highest BCUT2D eigenvalue weighted by Crippen LogP contribution is 2.65. The first-order valence-electron chi connectivity index (χ1n) is 12.1. The van der Waals surface area contributed by atoms with Crippen molar-refractivity contribution in [1.29, 1.82) is 0 Å². The van der Waals surface area contributed by atoms with Gasteiger partial charge in [0.15, 0.2) is 0 Å². The van der Waals surface area contributed by atoms with E-state index in [2.05, 4.69) is 38.2 Å². The zero-order chi connectivity index (χ0) is 21.6. The molecule has 0 spiro atoms. The summed E-state index contributed by atoms with van der Waals surface area (Å²) in [5, 5.41) is 3.26. The summed E-state index contributed by atoms with van der Waals surface area (Å²) in [6.07, 6.45) is 6.74. The van der Waals surface area contributed by atoms with Crippen LogP contribution in [0.4, 0.5) is 0 Å². The third-order valence-corrected chi connectivity index (χ3v) is 8.63. The molecule has 6 atom stereocenters. The van der Waals surface area contributed by atoms with Gasteiger partial charge >= 0.3 is 7.12 Å². The maximum atomic E-state index is 12.9. The molecule has 1 aromatic carbocycles. The maximum Gasteiger partial charge on any atom is 0.482 e. The van der Waals surface area contributed by atoms with E-state index in [1.165, 1.54) is 12.0 Å². The number of carbonyl (C=O) groups excluding carboxylic acids is 1. The van der Waals surface area contributed by atoms with Gasteiger partial charge in [-0.2, -0.15) is 0 Å². The highest BCUT2D eigenvalue weighted by molar-refractivity contribution is 6.48. The number of carbonyl (C=O) groups is 1. The van der Waals surface area contributed by atoms with E-state index in [0.29, 0.717) is 30.1 Å². The molecule has 168 valence electrons. The van der Waals surface area contributed by atoms with Crippen LogP contribution in [0, 0.1) is 17.3 Å². The highest BCUT2D eigenvalue weighted by atomic mass is 16.7. The van der Waals surface area contributed by atoms with Crippen LogP contribution in [-0.2, 0) is 25.3 Å². The number of hydrogen-bond donors (Lipinski definition) is 1. The minimum absolute atomic E-state index is 0.0321. The van der Waals surface area contributed by atoms with Crippen molar-refractivity contribution in [3.8, 4) is 0 Å². The fourth-order valence-electron chi connectivity index (χ4n) is 6.60. The molecule has 5 fully saturated rings. The minimum Gasteiger partial charge on any atom is -0.404 e. The van der Waals surface area contributed by atoms with Gasteiger partial charge in [-0.25, -0.2) is 0 Å². The molecular weight excluding hydrogens is 389 g/mol. The van der Waals surface area contributed by atoms with Crippen molar-refractivity contribution in [1.82, 2.24) is 5.32 Å². The van der Waals surface area contributed by atoms with Crippen LogP contribution >= 0.6 is 0 Å². The van der Waals surface area contributed by atoms with Gasteiger partial charge in [-0.1, -0.05) is 44.2 Å². The van der Waals surface area contributed by atoms with E-state index < -0.39 is 7.12 Å². The zero-order valence-electron chi connectivity index (χ0n) is 19.1. The fraction of sp³-hybridized carbons (Fsp3) is 0.720. The van der Waals surface area contributed by atoms with E-state index in [9.17, 15) is 4.79 Å². The molecule has 0 aromatic heterocycles. The molecule has 0 unspecified atom stereocenters. The lowest BCUT2D eigenvalue weighted by Crippen LogP contribution is -2.65. The van der Waals surface area contributed by atoms with Crippen LogP contribution < -0.4 is 5.32 Å². The summed E-state index contributed by atoms with van der Waals surface area (Å²) in [6, 6.07) is 10.3. The van der Waals surface area contributed by atoms with Crippen LogP contribution in [0.2, 0.25) is 0 Å². The molecule has 2 heterocycles. The van der Waals surface area contributed by atoms with Gasteiger partial charge in [0, 0.05) is 6.61 Å². The zero-order valence-corrected chi connectivity index (χ0v) is 19.1. The van der Waals surface area contributed by atoms with E-state index in [-0.39, 0.29) is 29.7 Å². The molecule has 3 aliphatic carbocycles. The summed E-state index contributed by atoms with van der Waals surface area (Å²) in [6.45, 7) is 7.74. The standard InChI is InChI=1S/C25H36BNO4/c1-24(2)18-14-20(24)25(3)21(15-18)30-26(31-25)22(13-17-9-5-4-6-10-17)27-23(28)16-19-11-7-8-12-29-19/h4-6,9-10,18-22H,7-8,11-16H2,1-3H3,(H,27,28)/t18-,19+,20-,21+,22-,25-/m0/s1. The molecule has 2 aliphatic heterocycles. The molecule has 6 rings (SSSR count). The van der Waals surface area contributed by atoms with Crippen LogP contribution in [0.3, 0.4) is 0 Å². The predicted molar refractivity (Wildman–Crippen MR) is 120 cm³/mol. The molecule has 6 heteroatoms. The molecular formula is C25H36BNO4. The Balaban J connectivity index is 1.30. The Hall–Kier alpha value is -1.37. The highest BCUT2D eigenvalue weighted by Gasteiger charge is 2.68. The first kappa shape index (κ1) is 21.5. The molecule has 1 aromatic rings. The SMILES string of the molecule is CC1(C)[C@@H]2C[C@H]3OB([C@H](Cc4ccccc4)NC(=O)C[C@H]4CCCCO4)O[C@@]3(C)[C@H]1C2. The fourth-order valence-corrected chi connectivity index (χ4v) is 6.60. The molecule has 31 heavy (non-hydrogen) atoms. The molecule has 1 N–H and O–H groups in total. The number of hydrogen-bond acceptors (Lipinski definition) is 4. The van der Waals surface area contributed by atoms with E-state index in [0.717, 1.165) is 32.3 Å². The second-order valence-electron chi connectivity index (χ2n) is 10.9. The number of amides is 1. The van der Waals surface area contributed by atoms with Gasteiger partial charge in [-0.15, -0.1) is 0 Å².